The van der Waals surface area contributed by atoms with E-state index in [0.717, 1.165) is 16.3 Å². The van der Waals surface area contributed by atoms with Crippen LogP contribution in [0.5, 0.6) is 0 Å². The molecule has 6 amide bonds. The Hall–Kier alpha value is -4.17. The number of thiazole rings is 1. The second-order valence-electron chi connectivity index (χ2n) is 9.01. The maximum atomic E-state index is 13.3. The number of quaternary nitrogens is 1. The normalized spacial score (nSPS) is 21.5. The van der Waals surface area contributed by atoms with E-state index in [4.69, 9.17) is 15.7 Å². The van der Waals surface area contributed by atoms with E-state index in [1.54, 1.807) is 18.6 Å². The molecular weight excluding hydrogens is 562 g/mol. The quantitative estimate of drug-likeness (QED) is 0.118. The topological polar surface area (TPSA) is 243 Å². The van der Waals surface area contributed by atoms with Gasteiger partial charge in [0, 0.05) is 5.71 Å². The van der Waals surface area contributed by atoms with Crippen LogP contribution in [-0.4, -0.2) is 101 Å². The molecule has 3 rings (SSSR count). The van der Waals surface area contributed by atoms with Crippen LogP contribution in [0.4, 0.5) is 20.5 Å². The molecule has 20 heteroatoms. The molecule has 5 N–H and O–H groups in total. The van der Waals surface area contributed by atoms with Crippen LogP contribution in [0.1, 0.15) is 27.7 Å². The zero-order chi connectivity index (χ0) is 29.3. The van der Waals surface area contributed by atoms with Crippen LogP contribution in [0.15, 0.2) is 15.6 Å². The number of aliphatic carboxylic acids is 1. The van der Waals surface area contributed by atoms with Crippen molar-refractivity contribution in [3.63, 3.8) is 0 Å². The lowest BCUT2D eigenvalue weighted by atomic mass is 10.0. The number of nitrogens with one attached hydrogen (secondary N) is 2. The average Bonchev–Trinajstić information content (AvgIpc) is 3.41. The van der Waals surface area contributed by atoms with Gasteiger partial charge in [-0.05, 0) is 27.7 Å². The Labute approximate surface area is 225 Å². The Kier molecular flexibility index (Phi) is 7.94. The Morgan fingerprint density at radius 2 is 1.97 bits per heavy atom. The third-order valence-corrected chi connectivity index (χ3v) is 7.45. The number of aromatic nitrogens is 1. The molecule has 2 aliphatic heterocycles. The Morgan fingerprint density at radius 1 is 1.31 bits per heavy atom. The van der Waals surface area contributed by atoms with Gasteiger partial charge < -0.3 is 21.0 Å². The summed E-state index contributed by atoms with van der Waals surface area (Å²) in [6.07, 6.45) is 0.599. The van der Waals surface area contributed by atoms with E-state index < -0.39 is 62.7 Å². The van der Waals surface area contributed by atoms with Crippen molar-refractivity contribution >= 4 is 74.3 Å². The molecule has 1 unspecified atom stereocenters. The van der Waals surface area contributed by atoms with Crippen molar-refractivity contribution in [2.45, 2.75) is 39.3 Å². The number of imide groups is 1. The van der Waals surface area contributed by atoms with Gasteiger partial charge in [-0.1, -0.05) is 16.5 Å². The number of rotatable bonds is 9. The first-order valence-corrected chi connectivity index (χ1v) is 13.4. The van der Waals surface area contributed by atoms with Gasteiger partial charge in [0.1, 0.15) is 12.8 Å². The van der Waals surface area contributed by atoms with Crippen molar-refractivity contribution in [1.29, 1.82) is 0 Å². The molecule has 1 aromatic heterocycles. The molecule has 39 heavy (non-hydrogen) atoms. The van der Waals surface area contributed by atoms with E-state index in [9.17, 15) is 32.4 Å². The van der Waals surface area contributed by atoms with Gasteiger partial charge in [0.15, 0.2) is 11.2 Å². The van der Waals surface area contributed by atoms with Crippen LogP contribution < -0.4 is 20.3 Å². The number of nitrogens with two attached hydrogens (primary N) is 1. The molecule has 3 heterocycles. The maximum absolute atomic E-state index is 13.3. The number of amides is 6. The summed E-state index contributed by atoms with van der Waals surface area (Å²) in [7, 11) is -4.76. The summed E-state index contributed by atoms with van der Waals surface area (Å²) in [6.45, 7) is 4.81. The number of carbonyl (C=O) groups is 5. The Morgan fingerprint density at radius 3 is 2.51 bits per heavy atom. The summed E-state index contributed by atoms with van der Waals surface area (Å²) in [5.41, 5.74) is 4.42. The summed E-state index contributed by atoms with van der Waals surface area (Å²) in [4.78, 5) is 70.9. The molecule has 1 aromatic rings. The molecule has 0 spiro atoms. The minimum absolute atomic E-state index is 0.0121. The number of carbonyl (C=O) groups excluding carboxylic acids is 4. The van der Waals surface area contributed by atoms with Gasteiger partial charge in [0.05, 0.1) is 18.5 Å². The van der Waals surface area contributed by atoms with Gasteiger partial charge in [0.2, 0.25) is 5.60 Å². The first-order chi connectivity index (χ1) is 18.0. The van der Waals surface area contributed by atoms with Crippen LogP contribution in [-0.2, 0) is 29.4 Å². The molecule has 2 saturated heterocycles. The highest BCUT2D eigenvalue weighted by atomic mass is 32.2. The predicted molar refractivity (Wildman–Crippen MR) is 136 cm³/mol. The number of nitrogen functional groups attached to an aromatic ring is 1. The summed E-state index contributed by atoms with van der Waals surface area (Å²) < 4.78 is 26.7. The van der Waals surface area contributed by atoms with Gasteiger partial charge in [-0.3, -0.25) is 4.79 Å². The monoisotopic (exact) mass is 588 g/mol. The molecule has 0 radical (unpaired) electrons. The molecule has 0 aliphatic carbocycles. The number of urea groups is 2. The van der Waals surface area contributed by atoms with E-state index in [-0.39, 0.29) is 24.0 Å². The fourth-order valence-electron chi connectivity index (χ4n) is 3.41. The van der Waals surface area contributed by atoms with Crippen molar-refractivity contribution in [2.75, 3.05) is 25.4 Å². The highest BCUT2D eigenvalue weighted by Crippen LogP contribution is 2.34. The van der Waals surface area contributed by atoms with Crippen molar-refractivity contribution in [1.82, 2.24) is 28.8 Å². The van der Waals surface area contributed by atoms with Crippen molar-refractivity contribution in [2.24, 2.45) is 10.3 Å². The predicted octanol–water partition coefficient (Wildman–Crippen LogP) is -0.989. The average molecular weight is 589 g/mol. The van der Waals surface area contributed by atoms with Gasteiger partial charge in [-0.25, -0.2) is 28.5 Å². The Bertz CT molecular complexity index is 1380. The largest absolute Gasteiger partial charge is 0.478 e. The van der Waals surface area contributed by atoms with Crippen LogP contribution >= 0.6 is 11.3 Å². The molecule has 212 valence electrons. The standard InChI is InChI=1S/C19H25N9O9S2/c1-10(2)24-26-5-6-27(18(26)34)39(35,36)25-17(33)28(12-9-38-16(20)23-12)8-11(14(28)30)22-13(29)7-21-37-19(3,4)15(31)32/h7,9,11H,5-6,8H2,1-4H3,(H4-,20,22,23,25,29,31,32,33)/p+1/t11?,28-/m0/s1. The van der Waals surface area contributed by atoms with E-state index in [1.807, 2.05) is 0 Å². The summed E-state index contributed by atoms with van der Waals surface area (Å²) >= 11 is 0.891. The summed E-state index contributed by atoms with van der Waals surface area (Å²) in [5.74, 6) is -3.44. The molecular formula is C19H26N9O9S2+. The SMILES string of the molecule is CC(C)=NN1CCN(S(=O)(=O)NC(=O)[N@+]2(c3csc(N)n3)CC(NC(=O)C=NOC(C)(C)C(=O)O)C2=O)C1=O. The molecule has 2 aliphatic rings. The molecule has 2 fully saturated rings. The molecule has 0 saturated carbocycles. The second kappa shape index (κ2) is 10.5. The lowest BCUT2D eigenvalue weighted by Gasteiger charge is -2.41. The second-order valence-corrected chi connectivity index (χ2v) is 11.5. The van der Waals surface area contributed by atoms with Crippen LogP contribution in [0, 0.1) is 0 Å². The zero-order valence-corrected chi connectivity index (χ0v) is 22.8. The fourth-order valence-corrected chi connectivity index (χ4v) is 5.12. The fraction of sp³-hybridized carbons (Fsp3) is 0.474. The lowest BCUT2D eigenvalue weighted by molar-refractivity contribution is -0.161. The van der Waals surface area contributed by atoms with Gasteiger partial charge in [-0.15, -0.1) is 4.48 Å². The van der Waals surface area contributed by atoms with E-state index in [2.05, 4.69) is 20.6 Å². The molecule has 0 aromatic carbocycles. The maximum Gasteiger partial charge on any atom is 0.445 e. The number of hydrazone groups is 1. The van der Waals surface area contributed by atoms with Crippen LogP contribution in [0.2, 0.25) is 0 Å². The lowest BCUT2D eigenvalue weighted by Crippen LogP contribution is -2.81. The number of likely N-dealkylation sites (tertiary alicyclic amines) is 1. The molecule has 2 atom stereocenters. The van der Waals surface area contributed by atoms with Crippen LogP contribution in [0.3, 0.4) is 0 Å². The number of hydrogen-bond acceptors (Lipinski definition) is 13. The van der Waals surface area contributed by atoms with Crippen LogP contribution in [0.25, 0.3) is 0 Å². The third-order valence-electron chi connectivity index (χ3n) is 5.44. The van der Waals surface area contributed by atoms with Crippen molar-refractivity contribution in [3.8, 4) is 0 Å². The van der Waals surface area contributed by atoms with Gasteiger partial charge in [0.25, 0.3) is 11.7 Å². The van der Waals surface area contributed by atoms with Crippen molar-refractivity contribution in [3.05, 3.63) is 5.38 Å². The number of carboxylic acid groups (broad SMARTS) is 1. The van der Waals surface area contributed by atoms with E-state index in [1.165, 1.54) is 19.2 Å². The highest BCUT2D eigenvalue weighted by Gasteiger charge is 2.65. The van der Waals surface area contributed by atoms with E-state index in [0.29, 0.717) is 16.2 Å². The summed E-state index contributed by atoms with van der Waals surface area (Å²) in [5, 5.41) is 20.7. The number of carboxylic acids is 1. The first kappa shape index (κ1) is 29.4. The van der Waals surface area contributed by atoms with Crippen molar-refractivity contribution < 1.29 is 42.3 Å². The third kappa shape index (κ3) is 5.81. The van der Waals surface area contributed by atoms with Gasteiger partial charge in [-0.2, -0.15) is 23.2 Å². The highest BCUT2D eigenvalue weighted by molar-refractivity contribution is 7.88. The Balaban J connectivity index is 1.77. The number of nitrogens with zero attached hydrogens (tertiary/aromatic N) is 6. The number of oxime groups is 1. The number of β-lactam (4-membered cyclic amide) rings is 1. The summed E-state index contributed by atoms with van der Waals surface area (Å²) in [6, 6.07) is -3.62. The van der Waals surface area contributed by atoms with E-state index >= 15 is 0 Å². The zero-order valence-electron chi connectivity index (χ0n) is 21.1. The minimum Gasteiger partial charge on any atom is -0.478 e. The van der Waals surface area contributed by atoms with Gasteiger partial charge >= 0.3 is 34.1 Å². The molecule has 0 bridgehead atoms. The minimum atomic E-state index is -4.76. The smallest absolute Gasteiger partial charge is 0.445 e. The first-order valence-electron chi connectivity index (χ1n) is 11.1. The number of hydrogen-bond donors (Lipinski definition) is 4. The number of anilines is 1. The molecule has 18 nitrogen and oxygen atoms in total.